The van der Waals surface area contributed by atoms with Crippen LogP contribution in [0.25, 0.3) is 5.65 Å². The van der Waals surface area contributed by atoms with Gasteiger partial charge in [0.25, 0.3) is 0 Å². The largest absolute Gasteiger partial charge is 0.493 e. The number of nitrogens with zero attached hydrogens (tertiary/aromatic N) is 3. The number of aryl methyl sites for hydroxylation is 1. The van der Waals surface area contributed by atoms with E-state index in [1.54, 1.807) is 6.07 Å². The van der Waals surface area contributed by atoms with E-state index >= 15 is 0 Å². The second kappa shape index (κ2) is 4.55. The number of aromatic nitrogens is 3. The van der Waals surface area contributed by atoms with E-state index in [9.17, 15) is 5.11 Å². The third kappa shape index (κ3) is 2.39. The molecule has 2 heterocycles. The second-order valence-electron chi connectivity index (χ2n) is 4.46. The maximum Gasteiger partial charge on any atom is 0.215 e. The Kier molecular flexibility index (Phi) is 2.87. The van der Waals surface area contributed by atoms with Gasteiger partial charge in [-0.2, -0.15) is 9.61 Å². The standard InChI is InChI=1S/C14H12ClN3O/c1-9-6-14(19)18-13(16-9)8-12(17-18)7-10-2-4-11(15)5-3-10/h2-6,8,19H,7H2,1H3. The predicted octanol–water partition coefficient (Wildman–Crippen LogP) is 2.99. The fourth-order valence-corrected chi connectivity index (χ4v) is 2.15. The summed E-state index contributed by atoms with van der Waals surface area (Å²) in [5.74, 6) is 0.102. The van der Waals surface area contributed by atoms with Crippen LogP contribution in [0.4, 0.5) is 0 Å². The summed E-state index contributed by atoms with van der Waals surface area (Å²) in [7, 11) is 0. The third-order valence-electron chi connectivity index (χ3n) is 2.89. The minimum atomic E-state index is 0.102. The minimum absolute atomic E-state index is 0.102. The zero-order valence-corrected chi connectivity index (χ0v) is 11.1. The third-order valence-corrected chi connectivity index (χ3v) is 3.14. The summed E-state index contributed by atoms with van der Waals surface area (Å²) >= 11 is 5.85. The molecule has 0 fully saturated rings. The van der Waals surface area contributed by atoms with Crippen LogP contribution in [0.1, 0.15) is 17.0 Å². The van der Waals surface area contributed by atoms with E-state index in [1.165, 1.54) is 4.52 Å². The van der Waals surface area contributed by atoms with E-state index in [0.29, 0.717) is 17.1 Å². The topological polar surface area (TPSA) is 50.4 Å². The summed E-state index contributed by atoms with van der Waals surface area (Å²) in [6.45, 7) is 1.84. The molecule has 0 radical (unpaired) electrons. The Hall–Kier alpha value is -2.07. The van der Waals surface area contributed by atoms with Gasteiger partial charge in [-0.3, -0.25) is 0 Å². The molecular formula is C14H12ClN3O. The van der Waals surface area contributed by atoms with Gasteiger partial charge in [0.15, 0.2) is 5.65 Å². The summed E-state index contributed by atoms with van der Waals surface area (Å²) in [5.41, 5.74) is 3.39. The smallest absolute Gasteiger partial charge is 0.215 e. The Labute approximate surface area is 115 Å². The monoisotopic (exact) mass is 273 g/mol. The lowest BCUT2D eigenvalue weighted by molar-refractivity contribution is 0.434. The average Bonchev–Trinajstić information content (AvgIpc) is 2.75. The summed E-state index contributed by atoms with van der Waals surface area (Å²) in [6.07, 6.45) is 0.680. The van der Waals surface area contributed by atoms with Crippen molar-refractivity contribution in [1.29, 1.82) is 0 Å². The van der Waals surface area contributed by atoms with Gasteiger partial charge in [-0.15, -0.1) is 0 Å². The fraction of sp³-hybridized carbons (Fsp3) is 0.143. The molecule has 0 saturated carbocycles. The van der Waals surface area contributed by atoms with Crippen molar-refractivity contribution in [3.05, 3.63) is 58.4 Å². The lowest BCUT2D eigenvalue weighted by atomic mass is 10.1. The molecular weight excluding hydrogens is 262 g/mol. The Balaban J connectivity index is 1.97. The first-order valence-electron chi connectivity index (χ1n) is 5.91. The van der Waals surface area contributed by atoms with Crippen LogP contribution >= 0.6 is 11.6 Å². The Morgan fingerprint density at radius 3 is 2.68 bits per heavy atom. The molecule has 0 unspecified atom stereocenters. The molecule has 3 aromatic rings. The van der Waals surface area contributed by atoms with Crippen molar-refractivity contribution in [2.75, 3.05) is 0 Å². The number of halogens is 1. The maximum absolute atomic E-state index is 9.81. The lowest BCUT2D eigenvalue weighted by Gasteiger charge is -1.98. The van der Waals surface area contributed by atoms with Crippen LogP contribution in [0.2, 0.25) is 5.02 Å². The number of fused-ring (bicyclic) bond motifs is 1. The van der Waals surface area contributed by atoms with E-state index in [0.717, 1.165) is 17.0 Å². The van der Waals surface area contributed by atoms with Crippen LogP contribution in [0.3, 0.4) is 0 Å². The van der Waals surface area contributed by atoms with Crippen LogP contribution in [0.15, 0.2) is 36.4 Å². The van der Waals surface area contributed by atoms with Crippen molar-refractivity contribution in [1.82, 2.24) is 14.6 Å². The van der Waals surface area contributed by atoms with E-state index < -0.39 is 0 Å². The van der Waals surface area contributed by atoms with Gasteiger partial charge in [-0.25, -0.2) is 4.98 Å². The highest BCUT2D eigenvalue weighted by atomic mass is 35.5. The number of hydrogen-bond acceptors (Lipinski definition) is 3. The molecule has 5 heteroatoms. The number of aromatic hydroxyl groups is 1. The molecule has 0 aliphatic carbocycles. The molecule has 0 spiro atoms. The van der Waals surface area contributed by atoms with Crippen LogP contribution in [-0.4, -0.2) is 19.7 Å². The summed E-state index contributed by atoms with van der Waals surface area (Å²) < 4.78 is 1.44. The first-order valence-corrected chi connectivity index (χ1v) is 6.29. The van der Waals surface area contributed by atoms with Crippen molar-refractivity contribution in [3.63, 3.8) is 0 Å². The molecule has 0 bridgehead atoms. The summed E-state index contributed by atoms with van der Waals surface area (Å²) in [6, 6.07) is 11.1. The Morgan fingerprint density at radius 1 is 1.21 bits per heavy atom. The average molecular weight is 274 g/mol. The highest BCUT2D eigenvalue weighted by Crippen LogP contribution is 2.17. The molecule has 2 aromatic heterocycles. The Bertz CT molecular complexity index is 734. The van der Waals surface area contributed by atoms with Gasteiger partial charge in [-0.1, -0.05) is 23.7 Å². The molecule has 96 valence electrons. The van der Waals surface area contributed by atoms with Crippen LogP contribution < -0.4 is 0 Å². The molecule has 0 atom stereocenters. The molecule has 1 aromatic carbocycles. The zero-order valence-electron chi connectivity index (χ0n) is 10.3. The number of rotatable bonds is 2. The minimum Gasteiger partial charge on any atom is -0.493 e. The van der Waals surface area contributed by atoms with Crippen LogP contribution in [-0.2, 0) is 6.42 Å². The molecule has 0 saturated heterocycles. The van der Waals surface area contributed by atoms with Gasteiger partial charge < -0.3 is 5.11 Å². The van der Waals surface area contributed by atoms with Crippen molar-refractivity contribution in [2.24, 2.45) is 0 Å². The highest BCUT2D eigenvalue weighted by molar-refractivity contribution is 6.30. The first kappa shape index (κ1) is 12.0. The Morgan fingerprint density at radius 2 is 1.95 bits per heavy atom. The fourth-order valence-electron chi connectivity index (χ4n) is 2.03. The van der Waals surface area contributed by atoms with E-state index in [1.807, 2.05) is 37.3 Å². The summed E-state index contributed by atoms with van der Waals surface area (Å²) in [5, 5.41) is 14.9. The molecule has 0 aliphatic rings. The van der Waals surface area contributed by atoms with Crippen LogP contribution in [0, 0.1) is 6.92 Å². The van der Waals surface area contributed by atoms with E-state index in [-0.39, 0.29) is 5.88 Å². The molecule has 4 nitrogen and oxygen atoms in total. The van der Waals surface area contributed by atoms with Crippen LogP contribution in [0.5, 0.6) is 5.88 Å². The van der Waals surface area contributed by atoms with Crippen molar-refractivity contribution in [2.45, 2.75) is 13.3 Å². The van der Waals surface area contributed by atoms with Gasteiger partial charge >= 0.3 is 0 Å². The zero-order chi connectivity index (χ0) is 13.4. The normalized spacial score (nSPS) is 11.1. The van der Waals surface area contributed by atoms with Gasteiger partial charge in [0.2, 0.25) is 5.88 Å². The lowest BCUT2D eigenvalue weighted by Crippen LogP contribution is -1.94. The maximum atomic E-state index is 9.81. The quantitative estimate of drug-likeness (QED) is 0.781. The highest BCUT2D eigenvalue weighted by Gasteiger charge is 2.08. The van der Waals surface area contributed by atoms with Crippen molar-refractivity contribution in [3.8, 4) is 5.88 Å². The molecule has 1 N–H and O–H groups in total. The van der Waals surface area contributed by atoms with Crippen molar-refractivity contribution < 1.29 is 5.11 Å². The predicted molar refractivity (Wildman–Crippen MR) is 73.6 cm³/mol. The van der Waals surface area contributed by atoms with Gasteiger partial charge in [0.05, 0.1) is 5.69 Å². The van der Waals surface area contributed by atoms with Crippen molar-refractivity contribution >= 4 is 17.2 Å². The van der Waals surface area contributed by atoms with E-state index in [4.69, 9.17) is 11.6 Å². The van der Waals surface area contributed by atoms with E-state index in [2.05, 4.69) is 10.1 Å². The second-order valence-corrected chi connectivity index (χ2v) is 4.90. The molecule has 0 amide bonds. The molecule has 19 heavy (non-hydrogen) atoms. The van der Waals surface area contributed by atoms with Gasteiger partial charge in [0, 0.05) is 29.3 Å². The van der Waals surface area contributed by atoms with Gasteiger partial charge in [-0.05, 0) is 24.6 Å². The SMILES string of the molecule is Cc1cc(O)n2nc(Cc3ccc(Cl)cc3)cc2n1. The molecule has 0 aliphatic heterocycles. The molecule has 3 rings (SSSR count). The number of benzene rings is 1. The first-order chi connectivity index (χ1) is 9.11. The number of hydrogen-bond donors (Lipinski definition) is 1. The summed E-state index contributed by atoms with van der Waals surface area (Å²) in [4.78, 5) is 4.33. The van der Waals surface area contributed by atoms with Gasteiger partial charge in [0.1, 0.15) is 0 Å².